The number of benzene rings is 1. The summed E-state index contributed by atoms with van der Waals surface area (Å²) in [5, 5.41) is 8.07. The molecule has 0 saturated carbocycles. The molecule has 3 nitrogen and oxygen atoms in total. The van der Waals surface area contributed by atoms with Crippen LogP contribution in [0.25, 0.3) is 0 Å². The van der Waals surface area contributed by atoms with Gasteiger partial charge in [0.1, 0.15) is 0 Å². The van der Waals surface area contributed by atoms with E-state index in [1.807, 2.05) is 6.92 Å². The maximum Gasteiger partial charge on any atom is 0.0596 e. The van der Waals surface area contributed by atoms with Gasteiger partial charge in [0.2, 0.25) is 0 Å². The van der Waals surface area contributed by atoms with Crippen molar-refractivity contribution in [1.82, 2.24) is 15.1 Å². The van der Waals surface area contributed by atoms with Crippen molar-refractivity contribution in [3.63, 3.8) is 0 Å². The van der Waals surface area contributed by atoms with Crippen molar-refractivity contribution in [3.8, 4) is 0 Å². The minimum absolute atomic E-state index is 0.394. The Balaban J connectivity index is 1.88. The van der Waals surface area contributed by atoms with Crippen LogP contribution in [0.1, 0.15) is 23.9 Å². The zero-order valence-corrected chi connectivity index (χ0v) is 13.5. The predicted octanol–water partition coefficient (Wildman–Crippen LogP) is 3.40. The van der Waals surface area contributed by atoms with Crippen LogP contribution in [-0.2, 0) is 13.1 Å². The van der Waals surface area contributed by atoms with Crippen LogP contribution >= 0.6 is 11.8 Å². The van der Waals surface area contributed by atoms with Crippen LogP contribution in [0.4, 0.5) is 0 Å². The van der Waals surface area contributed by atoms with Crippen molar-refractivity contribution in [2.24, 2.45) is 0 Å². The molecule has 0 bridgehead atoms. The molecule has 1 unspecified atom stereocenters. The van der Waals surface area contributed by atoms with Gasteiger partial charge in [0.25, 0.3) is 0 Å². The number of aryl methyl sites for hydroxylation is 2. The van der Waals surface area contributed by atoms with E-state index in [2.05, 4.69) is 65.5 Å². The maximum absolute atomic E-state index is 4.51. The van der Waals surface area contributed by atoms with Gasteiger partial charge in [-0.25, -0.2) is 0 Å². The van der Waals surface area contributed by atoms with Crippen molar-refractivity contribution in [3.05, 3.63) is 47.3 Å². The van der Waals surface area contributed by atoms with Crippen LogP contribution < -0.4 is 5.32 Å². The van der Waals surface area contributed by atoms with Crippen molar-refractivity contribution in [2.45, 2.75) is 44.8 Å². The first-order valence-electron chi connectivity index (χ1n) is 6.96. The van der Waals surface area contributed by atoms with Crippen LogP contribution in [0.2, 0.25) is 0 Å². The fraction of sp³-hybridized carbons (Fsp3) is 0.438. The van der Waals surface area contributed by atoms with Crippen LogP contribution in [0, 0.1) is 13.8 Å². The molecule has 0 aliphatic carbocycles. The second-order valence-electron chi connectivity index (χ2n) is 5.24. The smallest absolute Gasteiger partial charge is 0.0596 e. The van der Waals surface area contributed by atoms with Crippen molar-refractivity contribution in [1.29, 1.82) is 0 Å². The van der Waals surface area contributed by atoms with Crippen LogP contribution in [-0.4, -0.2) is 22.1 Å². The Hall–Kier alpha value is -1.26. The maximum atomic E-state index is 4.51. The van der Waals surface area contributed by atoms with E-state index in [0.717, 1.165) is 18.8 Å². The Labute approximate surface area is 125 Å². The molecule has 2 rings (SSSR count). The summed E-state index contributed by atoms with van der Waals surface area (Å²) in [6.45, 7) is 8.15. The molecule has 4 heteroatoms. The summed E-state index contributed by atoms with van der Waals surface area (Å²) < 4.78 is 2.07. The fourth-order valence-corrected chi connectivity index (χ4v) is 2.74. The summed E-state index contributed by atoms with van der Waals surface area (Å²) in [4.78, 5) is 1.32. The van der Waals surface area contributed by atoms with Gasteiger partial charge >= 0.3 is 0 Å². The Morgan fingerprint density at radius 2 is 2.10 bits per heavy atom. The normalized spacial score (nSPS) is 12.6. The molecule has 0 aliphatic heterocycles. The Bertz CT molecular complexity index is 563. The lowest BCUT2D eigenvalue weighted by molar-refractivity contribution is 0.444. The van der Waals surface area contributed by atoms with Gasteiger partial charge in [-0.2, -0.15) is 5.10 Å². The average molecular weight is 289 g/mol. The van der Waals surface area contributed by atoms with Crippen LogP contribution in [0.3, 0.4) is 0 Å². The van der Waals surface area contributed by atoms with E-state index in [1.165, 1.54) is 16.2 Å². The largest absolute Gasteiger partial charge is 0.308 e. The molecule has 1 N–H and O–H groups in total. The highest BCUT2D eigenvalue weighted by atomic mass is 32.2. The van der Waals surface area contributed by atoms with E-state index in [0.29, 0.717) is 6.04 Å². The van der Waals surface area contributed by atoms with Gasteiger partial charge in [-0.1, -0.05) is 12.1 Å². The molecule has 1 atom stereocenters. The second-order valence-corrected chi connectivity index (χ2v) is 6.12. The third kappa shape index (κ3) is 4.12. The Morgan fingerprint density at radius 3 is 2.75 bits per heavy atom. The molecule has 1 aromatic carbocycles. The van der Waals surface area contributed by atoms with Crippen LogP contribution in [0.5, 0.6) is 0 Å². The molecule has 0 saturated heterocycles. The highest BCUT2D eigenvalue weighted by molar-refractivity contribution is 7.98. The molecule has 0 aliphatic rings. The summed E-state index contributed by atoms with van der Waals surface area (Å²) in [5.41, 5.74) is 3.64. The third-order valence-electron chi connectivity index (χ3n) is 3.34. The summed E-state index contributed by atoms with van der Waals surface area (Å²) in [6, 6.07) is 11.2. The lowest BCUT2D eigenvalue weighted by Gasteiger charge is -2.15. The Morgan fingerprint density at radius 1 is 1.30 bits per heavy atom. The number of thioether (sulfide) groups is 1. The molecule has 0 amide bonds. The van der Waals surface area contributed by atoms with Gasteiger partial charge in [-0.15, -0.1) is 11.8 Å². The van der Waals surface area contributed by atoms with E-state index in [4.69, 9.17) is 0 Å². The zero-order valence-electron chi connectivity index (χ0n) is 12.7. The predicted molar refractivity (Wildman–Crippen MR) is 86.2 cm³/mol. The van der Waals surface area contributed by atoms with Gasteiger partial charge < -0.3 is 5.32 Å². The first kappa shape index (κ1) is 15.1. The van der Waals surface area contributed by atoms with Gasteiger partial charge in [-0.3, -0.25) is 4.68 Å². The fourth-order valence-electron chi connectivity index (χ4n) is 2.26. The first-order chi connectivity index (χ1) is 9.58. The molecule has 1 aromatic heterocycles. The van der Waals surface area contributed by atoms with Crippen molar-refractivity contribution in [2.75, 3.05) is 6.26 Å². The summed E-state index contributed by atoms with van der Waals surface area (Å²) >= 11 is 1.78. The number of rotatable bonds is 6. The molecular weight excluding hydrogens is 266 g/mol. The van der Waals surface area contributed by atoms with Gasteiger partial charge in [0, 0.05) is 23.2 Å². The molecule has 0 radical (unpaired) electrons. The molecule has 1 heterocycles. The third-order valence-corrected chi connectivity index (χ3v) is 4.06. The standard InChI is InChI=1S/C16H23N3S/c1-12-8-14(3)19(18-12)11-13(2)17-10-15-6-5-7-16(9-15)20-4/h5-9,13,17H,10-11H2,1-4H3. The minimum atomic E-state index is 0.394. The van der Waals surface area contributed by atoms with E-state index in [1.54, 1.807) is 11.8 Å². The van der Waals surface area contributed by atoms with E-state index >= 15 is 0 Å². The monoisotopic (exact) mass is 289 g/mol. The molecule has 0 fully saturated rings. The number of hydrogen-bond acceptors (Lipinski definition) is 3. The number of hydrogen-bond donors (Lipinski definition) is 1. The topological polar surface area (TPSA) is 29.9 Å². The highest BCUT2D eigenvalue weighted by Crippen LogP contribution is 2.15. The van der Waals surface area contributed by atoms with Gasteiger partial charge in [-0.05, 0) is 50.8 Å². The highest BCUT2D eigenvalue weighted by Gasteiger charge is 2.06. The molecule has 20 heavy (non-hydrogen) atoms. The molecular formula is C16H23N3S. The first-order valence-corrected chi connectivity index (χ1v) is 8.18. The van der Waals surface area contributed by atoms with Gasteiger partial charge in [0.05, 0.1) is 12.2 Å². The summed E-state index contributed by atoms with van der Waals surface area (Å²) in [5.74, 6) is 0. The van der Waals surface area contributed by atoms with Gasteiger partial charge in [0.15, 0.2) is 0 Å². The number of nitrogens with one attached hydrogen (secondary N) is 1. The quantitative estimate of drug-likeness (QED) is 0.827. The number of aromatic nitrogens is 2. The van der Waals surface area contributed by atoms with Crippen molar-refractivity contribution < 1.29 is 0 Å². The van der Waals surface area contributed by atoms with Crippen LogP contribution in [0.15, 0.2) is 35.2 Å². The van der Waals surface area contributed by atoms with E-state index in [9.17, 15) is 0 Å². The Kier molecular flexibility index (Phi) is 5.26. The second kappa shape index (κ2) is 6.95. The molecule has 108 valence electrons. The lowest BCUT2D eigenvalue weighted by Crippen LogP contribution is -2.30. The van der Waals surface area contributed by atoms with E-state index in [-0.39, 0.29) is 0 Å². The lowest BCUT2D eigenvalue weighted by atomic mass is 10.2. The zero-order chi connectivity index (χ0) is 14.5. The SMILES string of the molecule is CSc1cccc(CNC(C)Cn2nc(C)cc2C)c1. The minimum Gasteiger partial charge on any atom is -0.308 e. The molecule has 2 aromatic rings. The molecule has 0 spiro atoms. The summed E-state index contributed by atoms with van der Waals surface area (Å²) in [6.07, 6.45) is 2.11. The average Bonchev–Trinajstić information content (AvgIpc) is 2.75. The number of nitrogens with zero attached hydrogens (tertiary/aromatic N) is 2. The summed E-state index contributed by atoms with van der Waals surface area (Å²) in [7, 11) is 0. The van der Waals surface area contributed by atoms with Crippen molar-refractivity contribution >= 4 is 11.8 Å². The van der Waals surface area contributed by atoms with E-state index < -0.39 is 0 Å².